The lowest BCUT2D eigenvalue weighted by molar-refractivity contribution is -0.141. The van der Waals surface area contributed by atoms with Crippen molar-refractivity contribution >= 4 is 5.91 Å². The molecule has 0 spiro atoms. The molecule has 0 aliphatic heterocycles. The van der Waals surface area contributed by atoms with Crippen molar-refractivity contribution in [2.45, 2.75) is 50.9 Å². The van der Waals surface area contributed by atoms with Crippen LogP contribution in [0.4, 0.5) is 17.6 Å². The Hall–Kier alpha value is -4.20. The number of benzene rings is 2. The van der Waals surface area contributed by atoms with Crippen molar-refractivity contribution in [2.75, 3.05) is 13.3 Å². The lowest BCUT2D eigenvalue weighted by Gasteiger charge is -2.30. The number of amides is 1. The van der Waals surface area contributed by atoms with Crippen LogP contribution in [0.1, 0.15) is 49.1 Å². The first-order valence-corrected chi connectivity index (χ1v) is 12.1. The van der Waals surface area contributed by atoms with Crippen LogP contribution in [0.5, 0.6) is 11.6 Å². The Morgan fingerprint density at radius 2 is 1.82 bits per heavy atom. The molecule has 1 aromatic heterocycles. The summed E-state index contributed by atoms with van der Waals surface area (Å²) in [4.78, 5) is 20.1. The molecule has 1 amide bonds. The van der Waals surface area contributed by atoms with Gasteiger partial charge in [-0.2, -0.15) is 18.4 Å². The predicted molar refractivity (Wildman–Crippen MR) is 135 cm³/mol. The highest BCUT2D eigenvalue weighted by atomic mass is 19.4. The van der Waals surface area contributed by atoms with Crippen molar-refractivity contribution in [3.05, 3.63) is 83.3 Å². The first-order valence-electron chi connectivity index (χ1n) is 12.1. The van der Waals surface area contributed by atoms with Crippen molar-refractivity contribution < 1.29 is 31.8 Å². The summed E-state index contributed by atoms with van der Waals surface area (Å²) in [5, 5.41) is 12.3. The largest absolute Gasteiger partial charge is 0.491 e. The quantitative estimate of drug-likeness (QED) is 0.325. The van der Waals surface area contributed by atoms with E-state index in [-0.39, 0.29) is 12.5 Å². The summed E-state index contributed by atoms with van der Waals surface area (Å²) >= 11 is 0. The number of nitrogens with one attached hydrogen (secondary N) is 1. The summed E-state index contributed by atoms with van der Waals surface area (Å²) in [6, 6.07) is 16.4. The SMILES string of the molecule is C[C@H](NC(=O)C(C)(C)Oc1cc(C(F)(F)F)ncn1)[C@@H](Cc1ccc(OCC[18F])cc1)c1cccc(C#N)c1. The average molecular weight is 544 g/mol. The number of hydrogen-bond acceptors (Lipinski definition) is 6. The van der Waals surface area contributed by atoms with E-state index in [4.69, 9.17) is 9.47 Å². The van der Waals surface area contributed by atoms with E-state index in [1.54, 1.807) is 37.3 Å². The monoisotopic (exact) mass is 543 g/mol. The topological polar surface area (TPSA) is 97.1 Å². The molecule has 3 aromatic rings. The minimum Gasteiger partial charge on any atom is -0.491 e. The smallest absolute Gasteiger partial charge is 0.433 e. The van der Waals surface area contributed by atoms with E-state index in [0.29, 0.717) is 23.8 Å². The fourth-order valence-electron chi connectivity index (χ4n) is 3.89. The van der Waals surface area contributed by atoms with E-state index in [1.165, 1.54) is 13.8 Å². The van der Waals surface area contributed by atoms with Gasteiger partial charge in [0.25, 0.3) is 5.91 Å². The maximum absolute atomic E-state index is 13.2. The highest BCUT2D eigenvalue weighted by Gasteiger charge is 2.36. The number of carbonyl (C=O) groups is 1. The van der Waals surface area contributed by atoms with Crippen molar-refractivity contribution in [1.82, 2.24) is 15.3 Å². The van der Waals surface area contributed by atoms with Crippen molar-refractivity contribution in [1.29, 1.82) is 5.26 Å². The van der Waals surface area contributed by atoms with Gasteiger partial charge in [0, 0.05) is 18.0 Å². The standard InChI is InChI=1S/C28H28F4N4O3/c1-18(36-26(37)27(2,3)39-25-15-24(28(30,31)32)34-17-35-25)23(21-6-4-5-20(13-21)16-33)14-19-7-9-22(10-8-19)38-12-11-29/h4-10,13,15,17-18,23H,11-12,14H2,1-3H3,(H,36,37)/t18-,23+/m0/s1/i29-1. The highest BCUT2D eigenvalue weighted by Crippen LogP contribution is 2.30. The Labute approximate surface area is 223 Å². The summed E-state index contributed by atoms with van der Waals surface area (Å²) in [7, 11) is 0. The number of nitriles is 1. The first kappa shape index (κ1) is 29.4. The van der Waals surface area contributed by atoms with Gasteiger partial charge in [0.05, 0.1) is 11.6 Å². The molecule has 0 saturated heterocycles. The van der Waals surface area contributed by atoms with Crippen LogP contribution in [-0.4, -0.2) is 40.8 Å². The molecule has 0 unspecified atom stereocenters. The molecule has 1 heterocycles. The Balaban J connectivity index is 1.80. The van der Waals surface area contributed by atoms with E-state index in [9.17, 15) is 27.6 Å². The molecule has 206 valence electrons. The van der Waals surface area contributed by atoms with Gasteiger partial charge in [-0.05, 0) is 62.6 Å². The van der Waals surface area contributed by atoms with Gasteiger partial charge in [0.15, 0.2) is 11.3 Å². The maximum atomic E-state index is 13.2. The maximum Gasteiger partial charge on any atom is 0.433 e. The Morgan fingerprint density at radius 3 is 2.46 bits per heavy atom. The van der Waals surface area contributed by atoms with Crippen LogP contribution in [0, 0.1) is 11.3 Å². The molecule has 0 fully saturated rings. The molecule has 39 heavy (non-hydrogen) atoms. The molecule has 0 radical (unpaired) electrons. The highest BCUT2D eigenvalue weighted by molar-refractivity contribution is 5.85. The van der Waals surface area contributed by atoms with E-state index >= 15 is 0 Å². The molecule has 2 atom stereocenters. The minimum atomic E-state index is -4.69. The zero-order valence-corrected chi connectivity index (χ0v) is 21.6. The van der Waals surface area contributed by atoms with Crippen LogP contribution in [0.15, 0.2) is 60.9 Å². The van der Waals surface area contributed by atoms with E-state index < -0.39 is 42.0 Å². The van der Waals surface area contributed by atoms with Gasteiger partial charge in [0.1, 0.15) is 25.4 Å². The molecule has 0 saturated carbocycles. The summed E-state index contributed by atoms with van der Waals surface area (Å²) in [5.41, 5.74) is -0.578. The molecule has 0 aliphatic carbocycles. The first-order chi connectivity index (χ1) is 18.4. The van der Waals surface area contributed by atoms with Gasteiger partial charge < -0.3 is 14.8 Å². The number of carbonyl (C=O) groups excluding carboxylic acids is 1. The van der Waals surface area contributed by atoms with Gasteiger partial charge in [0.2, 0.25) is 5.88 Å². The van der Waals surface area contributed by atoms with Gasteiger partial charge >= 0.3 is 6.18 Å². The number of halogens is 4. The van der Waals surface area contributed by atoms with E-state index in [0.717, 1.165) is 17.5 Å². The van der Waals surface area contributed by atoms with Crippen LogP contribution in [0.2, 0.25) is 0 Å². The van der Waals surface area contributed by atoms with Crippen LogP contribution in [0.3, 0.4) is 0 Å². The molecule has 1 N–H and O–H groups in total. The Kier molecular flexibility index (Phi) is 9.46. The van der Waals surface area contributed by atoms with Crippen molar-refractivity contribution in [3.8, 4) is 17.7 Å². The second-order valence-electron chi connectivity index (χ2n) is 9.34. The summed E-state index contributed by atoms with van der Waals surface area (Å²) in [6.07, 6.45) is -3.49. The van der Waals surface area contributed by atoms with Gasteiger partial charge in [-0.1, -0.05) is 24.3 Å². The molecule has 3 rings (SSSR count). The number of aromatic nitrogens is 2. The third-order valence-electron chi connectivity index (χ3n) is 5.97. The summed E-state index contributed by atoms with van der Waals surface area (Å²) in [5.74, 6) is -0.721. The number of hydrogen-bond donors (Lipinski definition) is 1. The van der Waals surface area contributed by atoms with Crippen LogP contribution >= 0.6 is 0 Å². The van der Waals surface area contributed by atoms with Crippen LogP contribution in [0.25, 0.3) is 0 Å². The van der Waals surface area contributed by atoms with E-state index in [1.807, 2.05) is 18.2 Å². The second kappa shape index (κ2) is 12.6. The normalized spacial score (nSPS) is 13.2. The minimum absolute atomic E-state index is 0.0453. The second-order valence-corrected chi connectivity index (χ2v) is 9.34. The van der Waals surface area contributed by atoms with Gasteiger partial charge in [-0.15, -0.1) is 0 Å². The number of rotatable bonds is 11. The lowest BCUT2D eigenvalue weighted by atomic mass is 9.85. The number of nitrogens with zero attached hydrogens (tertiary/aromatic N) is 3. The summed E-state index contributed by atoms with van der Waals surface area (Å²) in [6.45, 7) is 3.99. The van der Waals surface area contributed by atoms with Gasteiger partial charge in [-0.3, -0.25) is 4.79 Å². The molecule has 0 aliphatic rings. The summed E-state index contributed by atoms with van der Waals surface area (Å²) < 4.78 is 62.3. The molecular weight excluding hydrogens is 515 g/mol. The molecule has 0 bridgehead atoms. The third-order valence-corrected chi connectivity index (χ3v) is 5.97. The zero-order chi connectivity index (χ0) is 28.6. The fraction of sp³-hybridized carbons (Fsp3) is 0.357. The number of ether oxygens (including phenoxy) is 2. The van der Waals surface area contributed by atoms with Crippen molar-refractivity contribution in [3.63, 3.8) is 0 Å². The van der Waals surface area contributed by atoms with Gasteiger partial charge in [-0.25, -0.2) is 14.4 Å². The lowest BCUT2D eigenvalue weighted by Crippen LogP contribution is -2.51. The van der Waals surface area contributed by atoms with Crippen molar-refractivity contribution in [2.24, 2.45) is 0 Å². The molecule has 2 aromatic carbocycles. The Bertz CT molecular complexity index is 1310. The molecular formula is C28H28F4N4O3. The average Bonchev–Trinajstić information content (AvgIpc) is 2.90. The number of alkyl halides is 4. The zero-order valence-electron chi connectivity index (χ0n) is 21.6. The van der Waals surface area contributed by atoms with E-state index in [2.05, 4.69) is 21.4 Å². The fourth-order valence-corrected chi connectivity index (χ4v) is 3.89. The van der Waals surface area contributed by atoms with Crippen LogP contribution < -0.4 is 14.8 Å². The third kappa shape index (κ3) is 8.14. The Morgan fingerprint density at radius 1 is 1.10 bits per heavy atom. The predicted octanol–water partition coefficient (Wildman–Crippen LogP) is 5.40. The molecule has 7 nitrogen and oxygen atoms in total. The van der Waals surface area contributed by atoms with Crippen LogP contribution in [-0.2, 0) is 17.4 Å². The molecule has 11 heteroatoms.